The van der Waals surface area contributed by atoms with Gasteiger partial charge < -0.3 is 16.0 Å². The normalized spacial score (nSPS) is 24.1. The number of nitrogens with two attached hydrogens (primary N) is 1. The van der Waals surface area contributed by atoms with E-state index in [1.54, 1.807) is 6.33 Å². The van der Waals surface area contributed by atoms with Crippen molar-refractivity contribution in [1.82, 2.24) is 9.97 Å². The average molecular weight is 261 g/mol. The molecule has 0 spiro atoms. The molecule has 3 N–H and O–H groups in total. The maximum atomic E-state index is 5.94. The molecule has 2 aliphatic rings. The van der Waals surface area contributed by atoms with Crippen LogP contribution in [0.2, 0.25) is 0 Å². The number of rotatable bonds is 4. The number of aromatic nitrogens is 2. The van der Waals surface area contributed by atoms with E-state index in [0.29, 0.717) is 0 Å². The lowest BCUT2D eigenvalue weighted by Gasteiger charge is -2.18. The molecule has 1 unspecified atom stereocenters. The first-order valence-corrected chi connectivity index (χ1v) is 7.38. The first-order chi connectivity index (χ1) is 9.31. The van der Waals surface area contributed by atoms with Gasteiger partial charge in [0.05, 0.1) is 0 Å². The molecule has 1 atom stereocenters. The lowest BCUT2D eigenvalue weighted by molar-refractivity contribution is 0.579. The summed E-state index contributed by atoms with van der Waals surface area (Å²) in [5.74, 6) is 2.76. The minimum atomic E-state index is 0.282. The Bertz CT molecular complexity index is 416. The Balaban J connectivity index is 1.59. The summed E-state index contributed by atoms with van der Waals surface area (Å²) >= 11 is 0. The van der Waals surface area contributed by atoms with Crippen molar-refractivity contribution in [1.29, 1.82) is 0 Å². The molecule has 1 aromatic rings. The molecular weight excluding hydrogens is 238 g/mol. The fraction of sp³-hybridized carbons (Fsp3) is 0.714. The van der Waals surface area contributed by atoms with Gasteiger partial charge in [-0.05, 0) is 25.2 Å². The van der Waals surface area contributed by atoms with E-state index in [9.17, 15) is 0 Å². The molecule has 0 amide bonds. The summed E-state index contributed by atoms with van der Waals surface area (Å²) in [6, 6.07) is 2.33. The topological polar surface area (TPSA) is 67.1 Å². The Morgan fingerprint density at radius 1 is 1.26 bits per heavy atom. The van der Waals surface area contributed by atoms with Crippen molar-refractivity contribution in [2.75, 3.05) is 29.9 Å². The van der Waals surface area contributed by atoms with E-state index in [1.807, 2.05) is 6.07 Å². The van der Waals surface area contributed by atoms with Gasteiger partial charge in [0.2, 0.25) is 0 Å². The molecule has 2 fully saturated rings. The van der Waals surface area contributed by atoms with Gasteiger partial charge in [-0.15, -0.1) is 0 Å². The van der Waals surface area contributed by atoms with E-state index < -0.39 is 0 Å². The second kappa shape index (κ2) is 5.74. The van der Waals surface area contributed by atoms with E-state index >= 15 is 0 Å². The second-order valence-corrected chi connectivity index (χ2v) is 5.79. The zero-order chi connectivity index (χ0) is 13.1. The molecule has 0 radical (unpaired) electrons. The Morgan fingerprint density at radius 3 is 2.84 bits per heavy atom. The lowest BCUT2D eigenvalue weighted by atomic mass is 10.1. The third-order valence-electron chi connectivity index (χ3n) is 4.25. The van der Waals surface area contributed by atoms with E-state index in [1.165, 1.54) is 25.7 Å². The van der Waals surface area contributed by atoms with Crippen LogP contribution in [0.4, 0.5) is 11.6 Å². The SMILES string of the molecule is NC1CCN(c2cc(NCC3CCCC3)ncn2)C1. The van der Waals surface area contributed by atoms with Gasteiger partial charge in [0.25, 0.3) is 0 Å². The van der Waals surface area contributed by atoms with Gasteiger partial charge in [-0.3, -0.25) is 0 Å². The maximum Gasteiger partial charge on any atom is 0.134 e. The summed E-state index contributed by atoms with van der Waals surface area (Å²) in [7, 11) is 0. The minimum Gasteiger partial charge on any atom is -0.370 e. The number of nitrogens with one attached hydrogen (secondary N) is 1. The van der Waals surface area contributed by atoms with Crippen molar-refractivity contribution in [3.63, 3.8) is 0 Å². The van der Waals surface area contributed by atoms with Crippen LogP contribution in [0.1, 0.15) is 32.1 Å². The van der Waals surface area contributed by atoms with Gasteiger partial charge in [0, 0.05) is 31.7 Å². The summed E-state index contributed by atoms with van der Waals surface area (Å²) in [5, 5.41) is 3.45. The highest BCUT2D eigenvalue weighted by Gasteiger charge is 2.20. The van der Waals surface area contributed by atoms with Crippen LogP contribution in [0.3, 0.4) is 0 Å². The third-order valence-corrected chi connectivity index (χ3v) is 4.25. The molecule has 1 aromatic heterocycles. The predicted octanol–water partition coefficient (Wildman–Crippen LogP) is 1.62. The first kappa shape index (κ1) is 12.7. The van der Waals surface area contributed by atoms with Crippen molar-refractivity contribution >= 4 is 11.6 Å². The zero-order valence-corrected chi connectivity index (χ0v) is 11.4. The van der Waals surface area contributed by atoms with E-state index in [-0.39, 0.29) is 6.04 Å². The zero-order valence-electron chi connectivity index (χ0n) is 11.4. The van der Waals surface area contributed by atoms with Gasteiger partial charge >= 0.3 is 0 Å². The van der Waals surface area contributed by atoms with E-state index in [4.69, 9.17) is 5.73 Å². The lowest BCUT2D eigenvalue weighted by Crippen LogP contribution is -2.27. The highest BCUT2D eigenvalue weighted by molar-refractivity contribution is 5.49. The number of anilines is 2. The molecule has 5 nitrogen and oxygen atoms in total. The van der Waals surface area contributed by atoms with Crippen molar-refractivity contribution < 1.29 is 0 Å². The Hall–Kier alpha value is -1.36. The molecule has 104 valence electrons. The maximum absolute atomic E-state index is 5.94. The second-order valence-electron chi connectivity index (χ2n) is 5.79. The molecule has 1 saturated carbocycles. The van der Waals surface area contributed by atoms with Crippen LogP contribution in [-0.4, -0.2) is 35.6 Å². The minimum absolute atomic E-state index is 0.282. The van der Waals surface area contributed by atoms with Gasteiger partial charge in [-0.2, -0.15) is 0 Å². The largest absolute Gasteiger partial charge is 0.370 e. The monoisotopic (exact) mass is 261 g/mol. The molecule has 1 aliphatic carbocycles. The smallest absolute Gasteiger partial charge is 0.134 e. The molecule has 5 heteroatoms. The van der Waals surface area contributed by atoms with Gasteiger partial charge in [-0.1, -0.05) is 12.8 Å². The van der Waals surface area contributed by atoms with Crippen LogP contribution in [0.25, 0.3) is 0 Å². The van der Waals surface area contributed by atoms with E-state index in [0.717, 1.165) is 43.6 Å². The average Bonchev–Trinajstić information content (AvgIpc) is 3.08. The fourth-order valence-electron chi connectivity index (χ4n) is 3.08. The summed E-state index contributed by atoms with van der Waals surface area (Å²) in [6.07, 6.45) is 8.17. The van der Waals surface area contributed by atoms with Gasteiger partial charge in [0.15, 0.2) is 0 Å². The molecule has 1 saturated heterocycles. The molecule has 2 heterocycles. The van der Waals surface area contributed by atoms with Crippen LogP contribution >= 0.6 is 0 Å². The molecule has 0 bridgehead atoms. The number of hydrogen-bond acceptors (Lipinski definition) is 5. The predicted molar refractivity (Wildman–Crippen MR) is 77.3 cm³/mol. The summed E-state index contributed by atoms with van der Waals surface area (Å²) < 4.78 is 0. The van der Waals surface area contributed by atoms with Crippen molar-refractivity contribution in [2.24, 2.45) is 11.7 Å². The first-order valence-electron chi connectivity index (χ1n) is 7.38. The van der Waals surface area contributed by atoms with Crippen LogP contribution in [0, 0.1) is 5.92 Å². The van der Waals surface area contributed by atoms with Crippen LogP contribution < -0.4 is 16.0 Å². The standard InChI is InChI=1S/C14H23N5/c15-12-5-6-19(9-12)14-7-13(17-10-18-14)16-8-11-3-1-2-4-11/h7,10-12H,1-6,8-9,15H2,(H,16,17,18). The fourth-order valence-corrected chi connectivity index (χ4v) is 3.08. The molecular formula is C14H23N5. The highest BCUT2D eigenvalue weighted by Crippen LogP contribution is 2.25. The van der Waals surface area contributed by atoms with Crippen molar-refractivity contribution in [3.05, 3.63) is 12.4 Å². The molecule has 1 aliphatic heterocycles. The van der Waals surface area contributed by atoms with Gasteiger partial charge in [-0.25, -0.2) is 9.97 Å². The van der Waals surface area contributed by atoms with Crippen molar-refractivity contribution in [3.8, 4) is 0 Å². The van der Waals surface area contributed by atoms with E-state index in [2.05, 4.69) is 20.2 Å². The van der Waals surface area contributed by atoms with Gasteiger partial charge in [0.1, 0.15) is 18.0 Å². The highest BCUT2D eigenvalue weighted by atomic mass is 15.2. The summed E-state index contributed by atoms with van der Waals surface area (Å²) in [4.78, 5) is 10.9. The summed E-state index contributed by atoms with van der Waals surface area (Å²) in [5.41, 5.74) is 5.94. The molecule has 3 rings (SSSR count). The van der Waals surface area contributed by atoms with Crippen molar-refractivity contribution in [2.45, 2.75) is 38.1 Å². The Kier molecular flexibility index (Phi) is 3.82. The van der Waals surface area contributed by atoms with Crippen LogP contribution in [0.5, 0.6) is 0 Å². The number of nitrogens with zero attached hydrogens (tertiary/aromatic N) is 3. The Labute approximate surface area is 114 Å². The van der Waals surface area contributed by atoms with Crippen LogP contribution in [-0.2, 0) is 0 Å². The molecule has 0 aromatic carbocycles. The Morgan fingerprint density at radius 2 is 2.11 bits per heavy atom. The molecule has 19 heavy (non-hydrogen) atoms. The third kappa shape index (κ3) is 3.15. The number of hydrogen-bond donors (Lipinski definition) is 2. The summed E-state index contributed by atoms with van der Waals surface area (Å²) in [6.45, 7) is 2.94. The van der Waals surface area contributed by atoms with Crippen LogP contribution in [0.15, 0.2) is 12.4 Å². The quantitative estimate of drug-likeness (QED) is 0.862.